The fraction of sp³-hybridized carbons (Fsp3) is 0.158. The zero-order valence-electron chi connectivity index (χ0n) is 14.6. The Labute approximate surface area is 169 Å². The topological polar surface area (TPSA) is 67.2 Å². The van der Waals surface area contributed by atoms with Gasteiger partial charge in [-0.2, -0.15) is 5.10 Å². The van der Waals surface area contributed by atoms with Crippen LogP contribution in [0.4, 0.5) is 8.78 Å². The predicted octanol–water partition coefficient (Wildman–Crippen LogP) is 4.14. The Kier molecular flexibility index (Phi) is 5.98. The van der Waals surface area contributed by atoms with Crippen molar-refractivity contribution in [1.29, 1.82) is 0 Å². The highest BCUT2D eigenvalue weighted by molar-refractivity contribution is 6.35. The highest BCUT2D eigenvalue weighted by atomic mass is 35.5. The number of carbonyl (C=O) groups excluding carboxylic acids is 1. The van der Waals surface area contributed by atoms with E-state index in [2.05, 4.69) is 10.4 Å². The van der Waals surface area contributed by atoms with Gasteiger partial charge in [0.2, 0.25) is 0 Å². The molecule has 1 atom stereocenters. The molecule has 0 aliphatic rings. The van der Waals surface area contributed by atoms with Crippen LogP contribution in [-0.4, -0.2) is 27.3 Å². The monoisotopic (exact) mass is 425 g/mol. The Balaban J connectivity index is 1.80. The van der Waals surface area contributed by atoms with Crippen LogP contribution in [0, 0.1) is 11.6 Å². The molecule has 2 N–H and O–H groups in total. The SMILES string of the molecule is Cn1cc(C(=O)NCC(O)c2ccc(Cl)cc2Cl)c(-c2ccc(F)cc2F)n1. The summed E-state index contributed by atoms with van der Waals surface area (Å²) in [5.41, 5.74) is 0.551. The minimum absolute atomic E-state index is 0.00607. The van der Waals surface area contributed by atoms with Crippen molar-refractivity contribution in [3.63, 3.8) is 0 Å². The lowest BCUT2D eigenvalue weighted by Crippen LogP contribution is -2.28. The number of halogens is 4. The first-order valence-corrected chi connectivity index (χ1v) is 8.92. The number of aliphatic hydroxyl groups excluding tert-OH is 1. The van der Waals surface area contributed by atoms with E-state index in [0.29, 0.717) is 10.6 Å². The van der Waals surface area contributed by atoms with Crippen LogP contribution >= 0.6 is 23.2 Å². The fourth-order valence-corrected chi connectivity index (χ4v) is 3.24. The standard InChI is InChI=1S/C19H15Cl2F2N3O2/c1-26-9-14(18(25-26)13-5-3-11(22)7-16(13)23)19(28)24-8-17(27)12-4-2-10(20)6-15(12)21/h2-7,9,17,27H,8H2,1H3,(H,24,28). The van der Waals surface area contributed by atoms with E-state index in [1.807, 2.05) is 0 Å². The van der Waals surface area contributed by atoms with Gasteiger partial charge in [-0.25, -0.2) is 8.78 Å². The summed E-state index contributed by atoms with van der Waals surface area (Å²) in [6.45, 7) is -0.138. The zero-order chi connectivity index (χ0) is 20.4. The second kappa shape index (κ2) is 8.26. The molecule has 0 aliphatic carbocycles. The number of nitrogens with zero attached hydrogens (tertiary/aromatic N) is 2. The molecule has 1 aromatic heterocycles. The molecule has 146 valence electrons. The van der Waals surface area contributed by atoms with Gasteiger partial charge in [-0.3, -0.25) is 9.48 Å². The van der Waals surface area contributed by atoms with E-state index in [1.165, 1.54) is 23.0 Å². The average molecular weight is 426 g/mol. The third-order valence-corrected chi connectivity index (χ3v) is 4.60. The van der Waals surface area contributed by atoms with Gasteiger partial charge >= 0.3 is 0 Å². The van der Waals surface area contributed by atoms with Crippen LogP contribution < -0.4 is 5.32 Å². The molecule has 3 rings (SSSR count). The van der Waals surface area contributed by atoms with E-state index in [0.717, 1.165) is 12.1 Å². The van der Waals surface area contributed by atoms with Crippen molar-refractivity contribution in [2.75, 3.05) is 6.54 Å². The summed E-state index contributed by atoms with van der Waals surface area (Å²) in [5.74, 6) is -2.14. The van der Waals surface area contributed by atoms with Gasteiger partial charge < -0.3 is 10.4 Å². The molecule has 0 saturated carbocycles. The molecular formula is C19H15Cl2F2N3O2. The Morgan fingerprint density at radius 2 is 2.00 bits per heavy atom. The number of aliphatic hydroxyl groups is 1. The van der Waals surface area contributed by atoms with Crippen molar-refractivity contribution in [3.8, 4) is 11.3 Å². The molecule has 5 nitrogen and oxygen atoms in total. The maximum absolute atomic E-state index is 14.1. The van der Waals surface area contributed by atoms with Gasteiger partial charge in [-0.15, -0.1) is 0 Å². The van der Waals surface area contributed by atoms with Gasteiger partial charge in [0.25, 0.3) is 5.91 Å². The second-order valence-electron chi connectivity index (χ2n) is 6.08. The van der Waals surface area contributed by atoms with E-state index in [-0.39, 0.29) is 28.4 Å². The lowest BCUT2D eigenvalue weighted by atomic mass is 10.1. The van der Waals surface area contributed by atoms with Crippen molar-refractivity contribution in [1.82, 2.24) is 15.1 Å². The smallest absolute Gasteiger partial charge is 0.255 e. The quantitative estimate of drug-likeness (QED) is 0.645. The lowest BCUT2D eigenvalue weighted by Gasteiger charge is -2.14. The third-order valence-electron chi connectivity index (χ3n) is 4.04. The molecular weight excluding hydrogens is 411 g/mol. The molecule has 3 aromatic rings. The molecule has 0 radical (unpaired) electrons. The van der Waals surface area contributed by atoms with Gasteiger partial charge in [0.05, 0.1) is 11.7 Å². The summed E-state index contributed by atoms with van der Waals surface area (Å²) in [6, 6.07) is 7.64. The summed E-state index contributed by atoms with van der Waals surface area (Å²) in [6.07, 6.45) is 0.339. The number of carbonyl (C=O) groups is 1. The first-order valence-electron chi connectivity index (χ1n) is 8.16. The number of aryl methyl sites for hydroxylation is 1. The Hall–Kier alpha value is -2.48. The number of nitrogens with one attached hydrogen (secondary N) is 1. The Bertz CT molecular complexity index is 1040. The highest BCUT2D eigenvalue weighted by Crippen LogP contribution is 2.27. The molecule has 9 heteroatoms. The van der Waals surface area contributed by atoms with Gasteiger partial charge in [0, 0.05) is 47.0 Å². The van der Waals surface area contributed by atoms with E-state index in [1.54, 1.807) is 19.2 Å². The average Bonchev–Trinajstić information content (AvgIpc) is 3.01. The summed E-state index contributed by atoms with van der Waals surface area (Å²) >= 11 is 11.9. The van der Waals surface area contributed by atoms with Gasteiger partial charge in [0.1, 0.15) is 17.3 Å². The first-order chi connectivity index (χ1) is 13.3. The first kappa shape index (κ1) is 20.3. The van der Waals surface area contributed by atoms with Crippen LogP contribution in [0.1, 0.15) is 22.0 Å². The van der Waals surface area contributed by atoms with Crippen LogP contribution in [0.25, 0.3) is 11.3 Å². The molecule has 1 unspecified atom stereocenters. The fourth-order valence-electron chi connectivity index (χ4n) is 2.70. The highest BCUT2D eigenvalue weighted by Gasteiger charge is 2.21. The predicted molar refractivity (Wildman–Crippen MR) is 102 cm³/mol. The molecule has 0 aliphatic heterocycles. The van der Waals surface area contributed by atoms with Crippen molar-refractivity contribution in [2.45, 2.75) is 6.10 Å². The molecule has 0 bridgehead atoms. The molecule has 1 heterocycles. The number of amides is 1. The van der Waals surface area contributed by atoms with Crippen LogP contribution in [0.15, 0.2) is 42.6 Å². The van der Waals surface area contributed by atoms with E-state index < -0.39 is 23.6 Å². The summed E-state index contributed by atoms with van der Waals surface area (Å²) in [4.78, 5) is 12.6. The second-order valence-corrected chi connectivity index (χ2v) is 6.92. The van der Waals surface area contributed by atoms with Gasteiger partial charge in [0.15, 0.2) is 0 Å². The third kappa shape index (κ3) is 4.32. The molecule has 0 saturated heterocycles. The van der Waals surface area contributed by atoms with Gasteiger partial charge in [-0.05, 0) is 24.3 Å². The summed E-state index contributed by atoms with van der Waals surface area (Å²) < 4.78 is 28.6. The zero-order valence-corrected chi connectivity index (χ0v) is 16.1. The number of hydrogen-bond acceptors (Lipinski definition) is 3. The van der Waals surface area contributed by atoms with Crippen molar-refractivity contribution < 1.29 is 18.7 Å². The molecule has 28 heavy (non-hydrogen) atoms. The number of rotatable bonds is 5. The molecule has 1 amide bonds. The van der Waals surface area contributed by atoms with Crippen LogP contribution in [0.2, 0.25) is 10.0 Å². The van der Waals surface area contributed by atoms with Crippen molar-refractivity contribution >= 4 is 29.1 Å². The maximum Gasteiger partial charge on any atom is 0.255 e. The summed E-state index contributed by atoms with van der Waals surface area (Å²) in [7, 11) is 1.57. The van der Waals surface area contributed by atoms with Crippen LogP contribution in [0.3, 0.4) is 0 Å². The number of aromatic nitrogens is 2. The minimum Gasteiger partial charge on any atom is -0.387 e. The number of benzene rings is 2. The Morgan fingerprint density at radius 3 is 2.68 bits per heavy atom. The maximum atomic E-state index is 14.1. The van der Waals surface area contributed by atoms with Gasteiger partial charge in [-0.1, -0.05) is 29.3 Å². The summed E-state index contributed by atoms with van der Waals surface area (Å²) in [5, 5.41) is 17.6. The largest absolute Gasteiger partial charge is 0.387 e. The molecule has 0 fully saturated rings. The van der Waals surface area contributed by atoms with E-state index in [9.17, 15) is 18.7 Å². The Morgan fingerprint density at radius 1 is 1.25 bits per heavy atom. The molecule has 0 spiro atoms. The van der Waals surface area contributed by atoms with Crippen LogP contribution in [-0.2, 0) is 7.05 Å². The van der Waals surface area contributed by atoms with Crippen molar-refractivity contribution in [3.05, 3.63) is 75.4 Å². The minimum atomic E-state index is -1.07. The lowest BCUT2D eigenvalue weighted by molar-refractivity contribution is 0.0917. The van der Waals surface area contributed by atoms with E-state index in [4.69, 9.17) is 23.2 Å². The van der Waals surface area contributed by atoms with Crippen LogP contribution in [0.5, 0.6) is 0 Å². The normalized spacial score (nSPS) is 12.1. The molecule has 2 aromatic carbocycles. The van der Waals surface area contributed by atoms with E-state index >= 15 is 0 Å². The van der Waals surface area contributed by atoms with Crippen molar-refractivity contribution in [2.24, 2.45) is 7.05 Å². The number of hydrogen-bond donors (Lipinski definition) is 2.